The van der Waals surface area contributed by atoms with E-state index in [4.69, 9.17) is 4.74 Å². The van der Waals surface area contributed by atoms with Gasteiger partial charge in [-0.05, 0) is 20.9 Å². The maximum atomic E-state index is 9.24. The van der Waals surface area contributed by atoms with E-state index in [-0.39, 0.29) is 11.6 Å². The topological polar surface area (TPSA) is 39.5 Å². The molecule has 1 unspecified atom stereocenters. The van der Waals surface area contributed by atoms with Crippen LogP contribution in [0.5, 0.6) is 0 Å². The van der Waals surface area contributed by atoms with Gasteiger partial charge in [-0.25, -0.2) is 0 Å². The summed E-state index contributed by atoms with van der Waals surface area (Å²) >= 11 is 0. The number of ether oxygens (including phenoxy) is 1. The van der Waals surface area contributed by atoms with Crippen LogP contribution in [0.4, 0.5) is 0 Å². The van der Waals surface area contributed by atoms with Gasteiger partial charge < -0.3 is 9.64 Å². The molecule has 1 aliphatic rings. The summed E-state index contributed by atoms with van der Waals surface area (Å²) in [6, 6.07) is 2.38. The van der Waals surface area contributed by atoms with Crippen molar-refractivity contribution in [3.8, 4) is 6.07 Å². The Hall–Kier alpha value is -0.630. The molecule has 1 saturated heterocycles. The van der Waals surface area contributed by atoms with Gasteiger partial charge in [-0.15, -0.1) is 0 Å². The smallest absolute Gasteiger partial charge is 0.101 e. The lowest BCUT2D eigenvalue weighted by atomic mass is 9.98. The second-order valence-electron chi connectivity index (χ2n) is 5.15. The summed E-state index contributed by atoms with van der Waals surface area (Å²) in [5.74, 6) is 0. The van der Waals surface area contributed by atoms with Crippen LogP contribution in [0.15, 0.2) is 0 Å². The lowest BCUT2D eigenvalue weighted by Gasteiger charge is -2.37. The van der Waals surface area contributed by atoms with E-state index in [1.165, 1.54) is 0 Å². The van der Waals surface area contributed by atoms with E-state index < -0.39 is 0 Å². The molecule has 0 aromatic rings. The molecule has 0 N–H and O–H groups in total. The number of methoxy groups -OCH3 is 1. The fourth-order valence-corrected chi connectivity index (χ4v) is 1.94. The van der Waals surface area contributed by atoms with Crippen LogP contribution in [-0.2, 0) is 4.74 Å². The first-order chi connectivity index (χ1) is 7.48. The van der Waals surface area contributed by atoms with Gasteiger partial charge in [0.1, 0.15) is 6.04 Å². The van der Waals surface area contributed by atoms with Crippen molar-refractivity contribution in [2.45, 2.75) is 31.9 Å². The van der Waals surface area contributed by atoms with E-state index in [0.717, 1.165) is 32.6 Å². The molecule has 0 aromatic carbocycles. The zero-order valence-electron chi connectivity index (χ0n) is 10.9. The van der Waals surface area contributed by atoms with E-state index in [1.54, 1.807) is 7.11 Å². The Morgan fingerprint density at radius 1 is 1.31 bits per heavy atom. The third-order valence-electron chi connectivity index (χ3n) is 3.37. The zero-order chi connectivity index (χ0) is 12.2. The molecular formula is C12H23N3O. The summed E-state index contributed by atoms with van der Waals surface area (Å²) in [5, 5.41) is 9.24. The number of likely N-dealkylation sites (N-methyl/N-ethyl adjacent to an activating group) is 1. The summed E-state index contributed by atoms with van der Waals surface area (Å²) in [4.78, 5) is 4.56. The largest absolute Gasteiger partial charge is 0.379 e. The van der Waals surface area contributed by atoms with Gasteiger partial charge in [0.05, 0.1) is 11.7 Å². The Morgan fingerprint density at radius 2 is 1.88 bits per heavy atom. The summed E-state index contributed by atoms with van der Waals surface area (Å²) in [6.45, 7) is 8.13. The molecule has 0 amide bonds. The maximum absolute atomic E-state index is 9.24. The Morgan fingerprint density at radius 3 is 2.31 bits per heavy atom. The maximum Gasteiger partial charge on any atom is 0.101 e. The standard InChI is InChI=1S/C12H23N3O/c1-12(2,16-4)9-11(10-13)15-7-5-14(3)6-8-15/h11H,5-9H2,1-4H3. The van der Waals surface area contributed by atoms with Crippen LogP contribution in [0.25, 0.3) is 0 Å². The normalized spacial score (nSPS) is 21.7. The van der Waals surface area contributed by atoms with Crippen LogP contribution in [0.1, 0.15) is 20.3 Å². The number of nitrogens with zero attached hydrogens (tertiary/aromatic N) is 3. The van der Waals surface area contributed by atoms with E-state index in [0.29, 0.717) is 0 Å². The molecular weight excluding hydrogens is 202 g/mol. The van der Waals surface area contributed by atoms with Crippen LogP contribution in [-0.4, -0.2) is 61.8 Å². The van der Waals surface area contributed by atoms with Gasteiger partial charge in [0.2, 0.25) is 0 Å². The summed E-state index contributed by atoms with van der Waals surface area (Å²) in [5.41, 5.74) is -0.219. The van der Waals surface area contributed by atoms with Gasteiger partial charge in [0, 0.05) is 39.7 Å². The van der Waals surface area contributed by atoms with E-state index in [2.05, 4.69) is 22.9 Å². The molecule has 0 radical (unpaired) electrons. The minimum absolute atomic E-state index is 0.0244. The molecule has 1 rings (SSSR count). The first kappa shape index (κ1) is 13.4. The van der Waals surface area contributed by atoms with Crippen LogP contribution in [0, 0.1) is 11.3 Å². The first-order valence-corrected chi connectivity index (χ1v) is 5.86. The molecule has 1 aliphatic heterocycles. The molecule has 1 heterocycles. The van der Waals surface area contributed by atoms with Gasteiger partial charge in [0.25, 0.3) is 0 Å². The van der Waals surface area contributed by atoms with Gasteiger partial charge in [-0.3, -0.25) is 4.90 Å². The van der Waals surface area contributed by atoms with Gasteiger partial charge >= 0.3 is 0 Å². The predicted octanol–water partition coefficient (Wildman–Crippen LogP) is 0.941. The Bertz CT molecular complexity index is 251. The van der Waals surface area contributed by atoms with Crippen molar-refractivity contribution in [1.29, 1.82) is 5.26 Å². The average Bonchev–Trinajstić information content (AvgIpc) is 2.27. The fourth-order valence-electron chi connectivity index (χ4n) is 1.94. The van der Waals surface area contributed by atoms with Gasteiger partial charge in [-0.2, -0.15) is 5.26 Å². The van der Waals surface area contributed by atoms with Gasteiger partial charge in [0.15, 0.2) is 0 Å². The molecule has 0 aromatic heterocycles. The number of piperazine rings is 1. The predicted molar refractivity (Wildman–Crippen MR) is 64.2 cm³/mol. The van der Waals surface area contributed by atoms with Gasteiger partial charge in [-0.1, -0.05) is 0 Å². The molecule has 0 aliphatic carbocycles. The highest BCUT2D eigenvalue weighted by Crippen LogP contribution is 2.19. The van der Waals surface area contributed by atoms with Crippen molar-refractivity contribution in [2.75, 3.05) is 40.3 Å². The molecule has 4 heteroatoms. The lowest BCUT2D eigenvalue weighted by molar-refractivity contribution is -0.00575. The highest BCUT2D eigenvalue weighted by Gasteiger charge is 2.28. The van der Waals surface area contributed by atoms with Crippen molar-refractivity contribution in [1.82, 2.24) is 9.80 Å². The monoisotopic (exact) mass is 225 g/mol. The fraction of sp³-hybridized carbons (Fsp3) is 0.917. The molecule has 0 bridgehead atoms. The number of hydrogen-bond acceptors (Lipinski definition) is 4. The Kier molecular flexibility index (Phi) is 4.72. The number of rotatable bonds is 4. The summed E-state index contributed by atoms with van der Waals surface area (Å²) < 4.78 is 5.39. The highest BCUT2D eigenvalue weighted by molar-refractivity contribution is 4.97. The van der Waals surface area contributed by atoms with Crippen molar-refractivity contribution < 1.29 is 4.74 Å². The summed E-state index contributed by atoms with van der Waals surface area (Å²) in [7, 11) is 3.83. The van der Waals surface area contributed by atoms with E-state index in [9.17, 15) is 5.26 Å². The third-order valence-corrected chi connectivity index (χ3v) is 3.37. The second-order valence-corrected chi connectivity index (χ2v) is 5.15. The second kappa shape index (κ2) is 5.62. The number of nitriles is 1. The minimum atomic E-state index is -0.219. The molecule has 0 saturated carbocycles. The van der Waals surface area contributed by atoms with E-state index >= 15 is 0 Å². The molecule has 4 nitrogen and oxygen atoms in total. The minimum Gasteiger partial charge on any atom is -0.379 e. The van der Waals surface area contributed by atoms with Crippen molar-refractivity contribution in [2.24, 2.45) is 0 Å². The Balaban J connectivity index is 2.52. The molecule has 92 valence electrons. The van der Waals surface area contributed by atoms with Crippen LogP contribution < -0.4 is 0 Å². The summed E-state index contributed by atoms with van der Waals surface area (Å²) in [6.07, 6.45) is 0.768. The van der Waals surface area contributed by atoms with Crippen LogP contribution in [0.3, 0.4) is 0 Å². The molecule has 16 heavy (non-hydrogen) atoms. The lowest BCUT2D eigenvalue weighted by Crippen LogP contribution is -2.50. The van der Waals surface area contributed by atoms with E-state index in [1.807, 2.05) is 13.8 Å². The average molecular weight is 225 g/mol. The molecule has 1 fully saturated rings. The van der Waals surface area contributed by atoms with Crippen molar-refractivity contribution in [3.63, 3.8) is 0 Å². The zero-order valence-corrected chi connectivity index (χ0v) is 10.9. The molecule has 0 spiro atoms. The first-order valence-electron chi connectivity index (χ1n) is 5.86. The number of hydrogen-bond donors (Lipinski definition) is 0. The van der Waals surface area contributed by atoms with Crippen molar-refractivity contribution in [3.05, 3.63) is 0 Å². The highest BCUT2D eigenvalue weighted by atomic mass is 16.5. The SMILES string of the molecule is COC(C)(C)CC(C#N)N1CCN(C)CC1. The third kappa shape index (κ3) is 3.75. The van der Waals surface area contributed by atoms with Crippen molar-refractivity contribution >= 4 is 0 Å². The molecule has 1 atom stereocenters. The Labute approximate surface area is 98.8 Å². The van der Waals surface area contributed by atoms with Crippen LogP contribution >= 0.6 is 0 Å². The van der Waals surface area contributed by atoms with Crippen LogP contribution in [0.2, 0.25) is 0 Å². The quantitative estimate of drug-likeness (QED) is 0.714.